The lowest BCUT2D eigenvalue weighted by Gasteiger charge is -2.55. The van der Waals surface area contributed by atoms with Crippen LogP contribution in [0.1, 0.15) is 90.0 Å². The van der Waals surface area contributed by atoms with Crippen molar-refractivity contribution in [1.82, 2.24) is 0 Å². The van der Waals surface area contributed by atoms with Crippen LogP contribution in [0.15, 0.2) is 52.2 Å². The molecule has 1 aromatic carbocycles. The van der Waals surface area contributed by atoms with Crippen LogP contribution >= 0.6 is 0 Å². The van der Waals surface area contributed by atoms with E-state index in [-0.39, 0.29) is 35.5 Å². The van der Waals surface area contributed by atoms with E-state index in [0.717, 1.165) is 31.5 Å². The molecule has 0 radical (unpaired) electrons. The number of nitrogens with zero attached hydrogens (tertiary/aromatic N) is 2. The molecule has 0 aromatic heterocycles. The second-order valence-corrected chi connectivity index (χ2v) is 13.7. The van der Waals surface area contributed by atoms with Crippen molar-refractivity contribution >= 4 is 11.5 Å². The zero-order valence-corrected chi connectivity index (χ0v) is 24.9. The molecule has 7 heteroatoms. The first-order valence-corrected chi connectivity index (χ1v) is 15.7. The average molecular weight is 579 g/mol. The van der Waals surface area contributed by atoms with Crippen molar-refractivity contribution in [3.8, 4) is 11.8 Å². The molecule has 4 nitrogen and oxygen atoms in total. The molecule has 42 heavy (non-hydrogen) atoms. The van der Waals surface area contributed by atoms with Gasteiger partial charge in [0.25, 0.3) is 0 Å². The van der Waals surface area contributed by atoms with E-state index in [4.69, 9.17) is 0 Å². The van der Waals surface area contributed by atoms with E-state index in [1.807, 2.05) is 0 Å². The van der Waals surface area contributed by atoms with Crippen molar-refractivity contribution < 1.29 is 18.0 Å². The van der Waals surface area contributed by atoms with Crippen LogP contribution < -0.4 is 4.90 Å². The van der Waals surface area contributed by atoms with Gasteiger partial charge in [-0.15, -0.1) is 0 Å². The summed E-state index contributed by atoms with van der Waals surface area (Å²) in [6.07, 6.45) is 5.03. The molecule has 1 saturated heterocycles. The molecular formula is C35H41F3N2O2. The maximum Gasteiger partial charge on any atom is 0.457 e. The van der Waals surface area contributed by atoms with Crippen molar-refractivity contribution in [3.63, 3.8) is 0 Å². The van der Waals surface area contributed by atoms with Gasteiger partial charge >= 0.3 is 6.18 Å². The molecule has 6 rings (SSSR count). The van der Waals surface area contributed by atoms with E-state index in [9.17, 15) is 22.9 Å². The lowest BCUT2D eigenvalue weighted by Crippen LogP contribution is -2.50. The molecule has 224 valence electrons. The number of alkyl halides is 3. The minimum atomic E-state index is -4.65. The predicted molar refractivity (Wildman–Crippen MR) is 159 cm³/mol. The summed E-state index contributed by atoms with van der Waals surface area (Å²) in [6, 6.07) is 8.49. The van der Waals surface area contributed by atoms with Gasteiger partial charge in [-0.25, -0.2) is 0 Å². The largest absolute Gasteiger partial charge is 0.457 e. The minimum absolute atomic E-state index is 0.0252. The highest BCUT2D eigenvalue weighted by atomic mass is 19.4. The fraction of sp³-hybridized carbons (Fsp3) is 0.629. The zero-order valence-electron chi connectivity index (χ0n) is 24.9. The Balaban J connectivity index is 1.49. The summed E-state index contributed by atoms with van der Waals surface area (Å²) in [5.41, 5.74) is 4.28. The van der Waals surface area contributed by atoms with Gasteiger partial charge in [0.15, 0.2) is 0 Å². The highest BCUT2D eigenvalue weighted by molar-refractivity contribution is 5.87. The van der Waals surface area contributed by atoms with Crippen LogP contribution in [-0.2, 0) is 4.79 Å². The van der Waals surface area contributed by atoms with E-state index in [1.165, 1.54) is 48.6 Å². The number of carbonyl (C=O) groups is 1. The normalized spacial score (nSPS) is 36.2. The molecule has 1 aliphatic heterocycles. The number of benzene rings is 1. The number of hydrogen-bond acceptors (Lipinski definition) is 4. The van der Waals surface area contributed by atoms with Crippen molar-refractivity contribution in [3.05, 3.63) is 57.5 Å². The number of piperidine rings is 1. The third-order valence-corrected chi connectivity index (χ3v) is 11.6. The van der Waals surface area contributed by atoms with Crippen LogP contribution in [0.25, 0.3) is 0 Å². The molecule has 0 N–H and O–H groups in total. The third kappa shape index (κ3) is 4.74. The lowest BCUT2D eigenvalue weighted by atomic mass is 9.47. The first kappa shape index (κ1) is 29.2. The molecule has 4 aliphatic carbocycles. The summed E-state index contributed by atoms with van der Waals surface area (Å²) in [4.78, 5) is 27.3. The van der Waals surface area contributed by atoms with Gasteiger partial charge in [-0.05, 0) is 117 Å². The van der Waals surface area contributed by atoms with Crippen molar-refractivity contribution in [2.24, 2.45) is 33.8 Å². The number of carbonyl (C=O) groups excluding carboxylic acids is 1. The van der Waals surface area contributed by atoms with Crippen molar-refractivity contribution in [1.29, 1.82) is 0 Å². The Bertz CT molecular complexity index is 1380. The molecule has 5 aliphatic rings. The van der Waals surface area contributed by atoms with Crippen LogP contribution in [-0.4, -0.2) is 31.1 Å². The summed E-state index contributed by atoms with van der Waals surface area (Å²) in [7, 11) is 0. The van der Waals surface area contributed by atoms with E-state index in [0.29, 0.717) is 25.7 Å². The Hall–Kier alpha value is -2.88. The van der Waals surface area contributed by atoms with Gasteiger partial charge in [-0.1, -0.05) is 48.7 Å². The van der Waals surface area contributed by atoms with E-state index in [2.05, 4.69) is 60.2 Å². The quantitative estimate of drug-likeness (QED) is 0.266. The summed E-state index contributed by atoms with van der Waals surface area (Å²) in [5.74, 6) is 4.29. The minimum Gasteiger partial charge on any atom is -0.372 e. The highest BCUT2D eigenvalue weighted by Crippen LogP contribution is 2.70. The molecule has 0 spiro atoms. The smallest absolute Gasteiger partial charge is 0.372 e. The van der Waals surface area contributed by atoms with Crippen LogP contribution in [0.2, 0.25) is 0 Å². The number of ketones is 1. The molecule has 0 amide bonds. The van der Waals surface area contributed by atoms with E-state index < -0.39 is 17.0 Å². The van der Waals surface area contributed by atoms with Gasteiger partial charge in [-0.3, -0.25) is 4.79 Å². The van der Waals surface area contributed by atoms with Gasteiger partial charge in [0, 0.05) is 30.6 Å². The molecule has 1 aromatic rings. The number of hydrogen-bond donors (Lipinski definition) is 0. The van der Waals surface area contributed by atoms with Crippen molar-refractivity contribution in [2.75, 3.05) is 18.0 Å². The molecule has 7 atom stereocenters. The first-order chi connectivity index (χ1) is 20.0. The molecular weight excluding hydrogens is 537 g/mol. The summed E-state index contributed by atoms with van der Waals surface area (Å²) in [5, 5.41) is 3.35. The third-order valence-electron chi connectivity index (χ3n) is 11.6. The maximum absolute atomic E-state index is 13.5. The van der Waals surface area contributed by atoms with Gasteiger partial charge in [0.2, 0.25) is 0 Å². The standard InChI is InChI=1S/C35H41F3N2O2/c1-22-19-29-31-13-14-34(23(2)41,15-16-35(36,37)38)33(31,3)21-30(32(29)27-12-9-25(39-42)20-28(22)27)24-7-10-26(11-8-24)40-17-5-4-6-18-40/h7-8,10-11,20,22,25,29-31H,4-6,9,12-14,17-19,21H2,1-3H3/t22?,25?,29-,30?,31-,33-,34-/m0/s1. The zero-order chi connectivity index (χ0) is 29.9. The fourth-order valence-corrected chi connectivity index (χ4v) is 9.61. The fourth-order valence-electron chi connectivity index (χ4n) is 9.61. The summed E-state index contributed by atoms with van der Waals surface area (Å²) in [6.45, 7) is 7.79. The van der Waals surface area contributed by atoms with Gasteiger partial charge < -0.3 is 4.90 Å². The number of fused-ring (bicyclic) bond motifs is 4. The Morgan fingerprint density at radius 2 is 1.81 bits per heavy atom. The highest BCUT2D eigenvalue weighted by Gasteiger charge is 2.65. The second-order valence-electron chi connectivity index (χ2n) is 13.7. The number of allylic oxidation sites excluding steroid dienone is 3. The van der Waals surface area contributed by atoms with Crippen LogP contribution in [0.3, 0.4) is 0 Å². The number of nitroso groups, excluding NO2 is 1. The molecule has 0 bridgehead atoms. The first-order valence-electron chi connectivity index (χ1n) is 15.7. The van der Waals surface area contributed by atoms with Crippen LogP contribution in [0.5, 0.6) is 0 Å². The maximum atomic E-state index is 13.5. The average Bonchev–Trinajstić information content (AvgIpc) is 3.29. The van der Waals surface area contributed by atoms with Crippen LogP contribution in [0.4, 0.5) is 18.9 Å². The summed E-state index contributed by atoms with van der Waals surface area (Å²) < 4.78 is 40.4. The SMILES string of the molecule is CC(=O)[C@@]1(C#CC(F)(F)F)CC[C@H]2[C@@H]3CC(C)C4=CC(N=O)CCC4=C3C(c3ccc(N4CCCCC4)cc3)C[C@@]21C. The van der Waals surface area contributed by atoms with Crippen molar-refractivity contribution in [2.45, 2.75) is 96.7 Å². The van der Waals surface area contributed by atoms with E-state index in [1.54, 1.807) is 5.92 Å². The predicted octanol–water partition coefficient (Wildman–Crippen LogP) is 8.53. The van der Waals surface area contributed by atoms with Gasteiger partial charge in [-0.2, -0.15) is 18.1 Å². The molecule has 1 heterocycles. The second kappa shape index (κ2) is 10.7. The number of rotatable bonds is 4. The Morgan fingerprint density at radius 3 is 2.45 bits per heavy atom. The topological polar surface area (TPSA) is 49.7 Å². The van der Waals surface area contributed by atoms with Gasteiger partial charge in [0.1, 0.15) is 11.8 Å². The monoisotopic (exact) mass is 578 g/mol. The lowest BCUT2D eigenvalue weighted by molar-refractivity contribution is -0.130. The van der Waals surface area contributed by atoms with E-state index >= 15 is 0 Å². The van der Waals surface area contributed by atoms with Gasteiger partial charge in [0.05, 0.1) is 5.41 Å². The number of Topliss-reactive ketones (excluding diaryl/α,β-unsaturated/α-hetero) is 1. The summed E-state index contributed by atoms with van der Waals surface area (Å²) >= 11 is 0. The molecule has 3 unspecified atom stereocenters. The number of halogens is 3. The Morgan fingerprint density at radius 1 is 1.10 bits per heavy atom. The number of anilines is 1. The van der Waals surface area contributed by atoms with Crippen LogP contribution in [0, 0.1) is 45.3 Å². The molecule has 3 fully saturated rings. The molecule has 2 saturated carbocycles. The Kier molecular flexibility index (Phi) is 7.43. The Labute approximate surface area is 247 Å².